The molecule has 0 aromatic heterocycles. The molecule has 4 heteroatoms. The average Bonchev–Trinajstić information content (AvgIpc) is 2.89. The number of likely N-dealkylation sites (tertiary alicyclic amines) is 1. The van der Waals surface area contributed by atoms with Crippen LogP contribution in [0.25, 0.3) is 0 Å². The second kappa shape index (κ2) is 6.12. The molecule has 21 heavy (non-hydrogen) atoms. The van der Waals surface area contributed by atoms with Crippen LogP contribution in [0.5, 0.6) is 0 Å². The van der Waals surface area contributed by atoms with Gasteiger partial charge in [-0.2, -0.15) is 0 Å². The lowest BCUT2D eigenvalue weighted by Crippen LogP contribution is -2.35. The van der Waals surface area contributed by atoms with Crippen molar-refractivity contribution in [1.29, 1.82) is 0 Å². The molecule has 112 valence electrons. The standard InChI is InChI=1S/C17H21NO3/c1-3-13(14-7-5-4-6-8-14)11-15(19)18-10-9-17(2,12-18)16(20)21/h3-8,13H,1,9-12H2,2H3,(H,20,21). The summed E-state index contributed by atoms with van der Waals surface area (Å²) in [6.07, 6.45) is 2.63. The summed E-state index contributed by atoms with van der Waals surface area (Å²) in [6, 6.07) is 9.77. The van der Waals surface area contributed by atoms with Gasteiger partial charge < -0.3 is 10.0 Å². The lowest BCUT2D eigenvalue weighted by molar-refractivity contribution is -0.147. The molecule has 1 saturated heterocycles. The first-order valence-corrected chi connectivity index (χ1v) is 7.15. The molecule has 1 aromatic rings. The number of carboxylic acids is 1. The van der Waals surface area contributed by atoms with Crippen LogP contribution in [0.15, 0.2) is 43.0 Å². The number of hydrogen-bond acceptors (Lipinski definition) is 2. The van der Waals surface area contributed by atoms with Crippen molar-refractivity contribution in [1.82, 2.24) is 4.90 Å². The third kappa shape index (κ3) is 3.32. The molecule has 1 aliphatic rings. The van der Waals surface area contributed by atoms with E-state index >= 15 is 0 Å². The van der Waals surface area contributed by atoms with Crippen molar-refractivity contribution >= 4 is 11.9 Å². The molecule has 1 heterocycles. The highest BCUT2D eigenvalue weighted by Crippen LogP contribution is 2.31. The number of carbonyl (C=O) groups excluding carboxylic acids is 1. The fourth-order valence-electron chi connectivity index (χ4n) is 2.70. The first-order chi connectivity index (χ1) is 9.96. The zero-order chi connectivity index (χ0) is 15.5. The van der Waals surface area contributed by atoms with Gasteiger partial charge in [0.2, 0.25) is 5.91 Å². The molecule has 1 amide bonds. The molecule has 0 bridgehead atoms. The number of carbonyl (C=O) groups is 2. The Kier molecular flexibility index (Phi) is 4.46. The Morgan fingerprint density at radius 3 is 2.62 bits per heavy atom. The van der Waals surface area contributed by atoms with Gasteiger partial charge in [0.05, 0.1) is 5.41 Å². The van der Waals surface area contributed by atoms with Crippen LogP contribution in [0.2, 0.25) is 0 Å². The van der Waals surface area contributed by atoms with Gasteiger partial charge in [0, 0.05) is 25.4 Å². The monoisotopic (exact) mass is 287 g/mol. The lowest BCUT2D eigenvalue weighted by Gasteiger charge is -2.22. The molecule has 0 saturated carbocycles. The van der Waals surface area contributed by atoms with Crippen LogP contribution in [0.3, 0.4) is 0 Å². The van der Waals surface area contributed by atoms with Crippen LogP contribution < -0.4 is 0 Å². The summed E-state index contributed by atoms with van der Waals surface area (Å²) in [6.45, 7) is 6.31. The fraction of sp³-hybridized carbons (Fsp3) is 0.412. The third-order valence-electron chi connectivity index (χ3n) is 4.25. The lowest BCUT2D eigenvalue weighted by atomic mass is 9.90. The van der Waals surface area contributed by atoms with Crippen LogP contribution in [-0.4, -0.2) is 35.0 Å². The maximum absolute atomic E-state index is 12.4. The number of allylic oxidation sites excluding steroid dienone is 1. The smallest absolute Gasteiger partial charge is 0.311 e. The highest BCUT2D eigenvalue weighted by Gasteiger charge is 2.42. The molecule has 0 radical (unpaired) electrons. The number of benzene rings is 1. The number of hydrogen-bond donors (Lipinski definition) is 1. The van der Waals surface area contributed by atoms with E-state index < -0.39 is 11.4 Å². The molecular formula is C17H21NO3. The Hall–Kier alpha value is -2.10. The molecular weight excluding hydrogens is 266 g/mol. The van der Waals surface area contributed by atoms with Crippen molar-refractivity contribution in [2.24, 2.45) is 5.41 Å². The molecule has 0 aliphatic carbocycles. The van der Waals surface area contributed by atoms with E-state index in [-0.39, 0.29) is 11.8 Å². The summed E-state index contributed by atoms with van der Waals surface area (Å²) in [5, 5.41) is 9.22. The highest BCUT2D eigenvalue weighted by molar-refractivity contribution is 5.81. The minimum absolute atomic E-state index is 0.00581. The zero-order valence-electron chi connectivity index (χ0n) is 12.3. The van der Waals surface area contributed by atoms with Crippen molar-refractivity contribution in [3.8, 4) is 0 Å². The maximum Gasteiger partial charge on any atom is 0.311 e. The van der Waals surface area contributed by atoms with E-state index in [9.17, 15) is 14.7 Å². The molecule has 1 N–H and O–H groups in total. The van der Waals surface area contributed by atoms with Crippen molar-refractivity contribution in [2.75, 3.05) is 13.1 Å². The van der Waals surface area contributed by atoms with E-state index in [1.165, 1.54) is 0 Å². The second-order valence-electron chi connectivity index (χ2n) is 5.89. The SMILES string of the molecule is C=CC(CC(=O)N1CCC(C)(C(=O)O)C1)c1ccccc1. The van der Waals surface area contributed by atoms with Crippen molar-refractivity contribution in [2.45, 2.75) is 25.7 Å². The van der Waals surface area contributed by atoms with Crippen LogP contribution in [0.4, 0.5) is 0 Å². The highest BCUT2D eigenvalue weighted by atomic mass is 16.4. The van der Waals surface area contributed by atoms with Crippen molar-refractivity contribution < 1.29 is 14.7 Å². The number of aliphatic carboxylic acids is 1. The van der Waals surface area contributed by atoms with Gasteiger partial charge in [-0.1, -0.05) is 36.4 Å². The predicted octanol–water partition coefficient (Wildman–Crippen LogP) is 2.67. The number of carboxylic acid groups (broad SMARTS) is 1. The molecule has 2 atom stereocenters. The number of amides is 1. The van der Waals surface area contributed by atoms with Gasteiger partial charge in [0.1, 0.15) is 0 Å². The van der Waals surface area contributed by atoms with E-state index in [1.54, 1.807) is 17.9 Å². The molecule has 1 fully saturated rings. The molecule has 1 aromatic carbocycles. The van der Waals surface area contributed by atoms with Gasteiger partial charge >= 0.3 is 5.97 Å². The van der Waals surface area contributed by atoms with Crippen LogP contribution in [-0.2, 0) is 9.59 Å². The molecule has 2 unspecified atom stereocenters. The summed E-state index contributed by atoms with van der Waals surface area (Å²) in [5.74, 6) is -0.870. The van der Waals surface area contributed by atoms with Crippen molar-refractivity contribution in [3.05, 3.63) is 48.6 Å². The Balaban J connectivity index is 2.02. The largest absolute Gasteiger partial charge is 0.481 e. The Morgan fingerprint density at radius 1 is 1.43 bits per heavy atom. The second-order valence-corrected chi connectivity index (χ2v) is 5.89. The van der Waals surface area contributed by atoms with E-state index in [0.717, 1.165) is 5.56 Å². The number of rotatable bonds is 5. The van der Waals surface area contributed by atoms with Crippen molar-refractivity contribution in [3.63, 3.8) is 0 Å². The maximum atomic E-state index is 12.4. The first-order valence-electron chi connectivity index (χ1n) is 7.15. The minimum atomic E-state index is -0.832. The Labute approximate surface area is 125 Å². The molecule has 0 spiro atoms. The summed E-state index contributed by atoms with van der Waals surface area (Å²) < 4.78 is 0. The van der Waals surface area contributed by atoms with Crippen LogP contribution in [0, 0.1) is 5.41 Å². The first kappa shape index (κ1) is 15.3. The topological polar surface area (TPSA) is 57.6 Å². The van der Waals surface area contributed by atoms with Crippen LogP contribution in [0.1, 0.15) is 31.2 Å². The summed E-state index contributed by atoms with van der Waals surface area (Å²) in [7, 11) is 0. The summed E-state index contributed by atoms with van der Waals surface area (Å²) >= 11 is 0. The van der Waals surface area contributed by atoms with E-state index in [2.05, 4.69) is 6.58 Å². The summed E-state index contributed by atoms with van der Waals surface area (Å²) in [5.41, 5.74) is 0.243. The van der Waals surface area contributed by atoms with Gasteiger partial charge in [0.15, 0.2) is 0 Å². The van der Waals surface area contributed by atoms with Gasteiger partial charge in [-0.05, 0) is 18.9 Å². The average molecular weight is 287 g/mol. The van der Waals surface area contributed by atoms with E-state index in [4.69, 9.17) is 0 Å². The normalized spacial score (nSPS) is 22.8. The molecule has 1 aliphatic heterocycles. The van der Waals surface area contributed by atoms with E-state index in [1.807, 2.05) is 30.3 Å². The molecule has 4 nitrogen and oxygen atoms in total. The predicted molar refractivity (Wildman–Crippen MR) is 80.9 cm³/mol. The summed E-state index contributed by atoms with van der Waals surface area (Å²) in [4.78, 5) is 25.3. The van der Waals surface area contributed by atoms with Gasteiger partial charge in [0.25, 0.3) is 0 Å². The Bertz CT molecular complexity index is 540. The Morgan fingerprint density at radius 2 is 2.10 bits per heavy atom. The van der Waals surface area contributed by atoms with Crippen LogP contribution >= 0.6 is 0 Å². The van der Waals surface area contributed by atoms with Gasteiger partial charge in [-0.25, -0.2) is 0 Å². The van der Waals surface area contributed by atoms with E-state index in [0.29, 0.717) is 25.9 Å². The van der Waals surface area contributed by atoms with Gasteiger partial charge in [-0.15, -0.1) is 6.58 Å². The zero-order valence-corrected chi connectivity index (χ0v) is 12.3. The quantitative estimate of drug-likeness (QED) is 0.847. The number of nitrogens with zero attached hydrogens (tertiary/aromatic N) is 1. The van der Waals surface area contributed by atoms with Gasteiger partial charge in [-0.3, -0.25) is 9.59 Å². The third-order valence-corrected chi connectivity index (χ3v) is 4.25. The minimum Gasteiger partial charge on any atom is -0.481 e. The molecule has 2 rings (SSSR count). The fourth-order valence-corrected chi connectivity index (χ4v) is 2.70.